The largest absolute Gasteiger partial charge is 0.484 e. The number of thiophene rings is 1. The molecule has 0 fully saturated rings. The highest BCUT2D eigenvalue weighted by Crippen LogP contribution is 2.24. The summed E-state index contributed by atoms with van der Waals surface area (Å²) in [5.74, 6) is 0.539. The van der Waals surface area contributed by atoms with Gasteiger partial charge < -0.3 is 19.7 Å². The lowest BCUT2D eigenvalue weighted by Gasteiger charge is -2.17. The SMILES string of the molecule is CNC(CCOc1cc(C)cs1)c1ccc(OC(=O)N(C)C)cc1.Cl. The number of rotatable bonds is 7. The molecule has 1 aromatic carbocycles. The molecule has 1 amide bonds. The van der Waals surface area contributed by atoms with Crippen LogP contribution in [0, 0.1) is 6.92 Å². The average Bonchev–Trinajstić information content (AvgIpc) is 2.98. The molecule has 1 atom stereocenters. The molecule has 1 aromatic heterocycles. The number of carbonyl (C=O) groups excluding carboxylic acids is 1. The van der Waals surface area contributed by atoms with Gasteiger partial charge in [-0.2, -0.15) is 0 Å². The molecule has 5 nitrogen and oxygen atoms in total. The van der Waals surface area contributed by atoms with E-state index in [1.54, 1.807) is 25.4 Å². The number of benzene rings is 1. The topological polar surface area (TPSA) is 50.8 Å². The monoisotopic (exact) mass is 384 g/mol. The van der Waals surface area contributed by atoms with E-state index in [0.29, 0.717) is 12.4 Å². The summed E-state index contributed by atoms with van der Waals surface area (Å²) in [6.45, 7) is 2.70. The molecule has 2 aromatic rings. The van der Waals surface area contributed by atoms with Crippen molar-refractivity contribution < 1.29 is 14.3 Å². The van der Waals surface area contributed by atoms with Crippen molar-refractivity contribution in [1.29, 1.82) is 0 Å². The standard InChI is InChI=1S/C18H24N2O3S.ClH/c1-13-11-17(24-12-13)22-10-9-16(19-2)14-5-7-15(8-6-14)23-18(21)20(3)4;/h5-8,11-12,16,19H,9-10H2,1-4H3;1H. The molecule has 138 valence electrons. The molecule has 0 radical (unpaired) electrons. The predicted molar refractivity (Wildman–Crippen MR) is 104 cm³/mol. The molecule has 0 saturated heterocycles. The number of aryl methyl sites for hydroxylation is 1. The van der Waals surface area contributed by atoms with Gasteiger partial charge in [0, 0.05) is 26.6 Å². The van der Waals surface area contributed by atoms with Crippen LogP contribution >= 0.6 is 23.7 Å². The lowest BCUT2D eigenvalue weighted by molar-refractivity contribution is 0.172. The summed E-state index contributed by atoms with van der Waals surface area (Å²) >= 11 is 1.62. The van der Waals surface area contributed by atoms with E-state index in [9.17, 15) is 4.79 Å². The second-order valence-electron chi connectivity index (χ2n) is 5.75. The van der Waals surface area contributed by atoms with Gasteiger partial charge in [-0.15, -0.1) is 23.7 Å². The number of nitrogens with zero attached hydrogens (tertiary/aromatic N) is 1. The third-order valence-electron chi connectivity index (χ3n) is 3.56. The Kier molecular flexibility index (Phi) is 8.75. The Morgan fingerprint density at radius 3 is 2.48 bits per heavy atom. The van der Waals surface area contributed by atoms with Gasteiger partial charge in [0.15, 0.2) is 5.06 Å². The normalized spacial score (nSPS) is 11.4. The van der Waals surface area contributed by atoms with Crippen LogP contribution in [0.25, 0.3) is 0 Å². The van der Waals surface area contributed by atoms with Crippen molar-refractivity contribution in [2.45, 2.75) is 19.4 Å². The summed E-state index contributed by atoms with van der Waals surface area (Å²) in [6, 6.07) is 9.79. The fraction of sp³-hybridized carbons (Fsp3) is 0.389. The first-order valence-electron chi connectivity index (χ1n) is 7.84. The molecule has 1 N–H and O–H groups in total. The van der Waals surface area contributed by atoms with E-state index >= 15 is 0 Å². The summed E-state index contributed by atoms with van der Waals surface area (Å²) in [5, 5.41) is 6.33. The lowest BCUT2D eigenvalue weighted by atomic mass is 10.0. The zero-order valence-electron chi connectivity index (χ0n) is 14.9. The van der Waals surface area contributed by atoms with Crippen molar-refractivity contribution in [3.63, 3.8) is 0 Å². The second kappa shape index (κ2) is 10.3. The number of hydrogen-bond donors (Lipinski definition) is 1. The maximum absolute atomic E-state index is 11.5. The third-order valence-corrected chi connectivity index (χ3v) is 4.52. The Hall–Kier alpha value is -1.76. The van der Waals surface area contributed by atoms with E-state index in [1.165, 1.54) is 10.5 Å². The molecular formula is C18H25ClN2O3S. The minimum Gasteiger partial charge on any atom is -0.484 e. The molecule has 0 aliphatic carbocycles. The molecule has 1 unspecified atom stereocenters. The molecule has 7 heteroatoms. The summed E-state index contributed by atoms with van der Waals surface area (Å²) < 4.78 is 11.0. The maximum atomic E-state index is 11.5. The smallest absolute Gasteiger partial charge is 0.414 e. The highest BCUT2D eigenvalue weighted by Gasteiger charge is 2.11. The van der Waals surface area contributed by atoms with Crippen molar-refractivity contribution in [3.8, 4) is 10.8 Å². The number of carbonyl (C=O) groups is 1. The first-order valence-corrected chi connectivity index (χ1v) is 8.72. The maximum Gasteiger partial charge on any atom is 0.414 e. The highest BCUT2D eigenvalue weighted by atomic mass is 35.5. The minimum absolute atomic E-state index is 0. The Labute approximate surface area is 159 Å². The molecule has 1 heterocycles. The van der Waals surface area contributed by atoms with E-state index in [-0.39, 0.29) is 24.5 Å². The summed E-state index contributed by atoms with van der Waals surface area (Å²) in [7, 11) is 5.24. The van der Waals surface area contributed by atoms with Crippen LogP contribution < -0.4 is 14.8 Å². The van der Waals surface area contributed by atoms with E-state index < -0.39 is 0 Å². The third kappa shape index (κ3) is 6.57. The van der Waals surface area contributed by atoms with Crippen LogP contribution in [-0.4, -0.2) is 38.7 Å². The van der Waals surface area contributed by atoms with Gasteiger partial charge in [-0.25, -0.2) is 4.79 Å². The zero-order chi connectivity index (χ0) is 17.5. The second-order valence-corrected chi connectivity index (χ2v) is 6.63. The Morgan fingerprint density at radius 2 is 1.96 bits per heavy atom. The number of halogens is 1. The molecule has 0 spiro atoms. The number of hydrogen-bond acceptors (Lipinski definition) is 5. The van der Waals surface area contributed by atoms with E-state index in [4.69, 9.17) is 9.47 Å². The van der Waals surface area contributed by atoms with Gasteiger partial charge >= 0.3 is 6.09 Å². The zero-order valence-corrected chi connectivity index (χ0v) is 16.6. The van der Waals surface area contributed by atoms with Crippen molar-refractivity contribution in [1.82, 2.24) is 10.2 Å². The fourth-order valence-electron chi connectivity index (χ4n) is 2.20. The number of nitrogens with one attached hydrogen (secondary N) is 1. The fourth-order valence-corrected chi connectivity index (χ4v) is 2.97. The first kappa shape index (κ1) is 21.3. The van der Waals surface area contributed by atoms with Gasteiger partial charge in [-0.3, -0.25) is 0 Å². The van der Waals surface area contributed by atoms with Gasteiger partial charge in [0.25, 0.3) is 0 Å². The van der Waals surface area contributed by atoms with Crippen molar-refractivity contribution in [2.24, 2.45) is 0 Å². The predicted octanol–water partition coefficient (Wildman–Crippen LogP) is 4.27. The molecule has 0 aliphatic heterocycles. The highest BCUT2D eigenvalue weighted by molar-refractivity contribution is 7.12. The van der Waals surface area contributed by atoms with Gasteiger partial charge in [-0.1, -0.05) is 12.1 Å². The molecule has 25 heavy (non-hydrogen) atoms. The van der Waals surface area contributed by atoms with Gasteiger partial charge in [-0.05, 0) is 48.7 Å². The quantitative estimate of drug-likeness (QED) is 0.774. The van der Waals surface area contributed by atoms with Crippen LogP contribution in [0.2, 0.25) is 0 Å². The van der Waals surface area contributed by atoms with Crippen LogP contribution in [-0.2, 0) is 0 Å². The Bertz CT molecular complexity index is 659. The van der Waals surface area contributed by atoms with Crippen LogP contribution in [0.5, 0.6) is 10.8 Å². The lowest BCUT2D eigenvalue weighted by Crippen LogP contribution is -2.25. The number of amides is 1. The van der Waals surface area contributed by atoms with E-state index in [1.807, 2.05) is 37.4 Å². The number of ether oxygens (including phenoxy) is 2. The molecule has 0 saturated carbocycles. The summed E-state index contributed by atoms with van der Waals surface area (Å²) in [4.78, 5) is 12.9. The first-order chi connectivity index (χ1) is 11.5. The minimum atomic E-state index is -0.382. The Balaban J connectivity index is 0.00000312. The van der Waals surface area contributed by atoms with Crippen LogP contribution in [0.4, 0.5) is 4.79 Å². The molecular weight excluding hydrogens is 360 g/mol. The van der Waals surface area contributed by atoms with Crippen LogP contribution in [0.15, 0.2) is 35.7 Å². The van der Waals surface area contributed by atoms with Crippen molar-refractivity contribution in [2.75, 3.05) is 27.7 Å². The molecule has 0 bridgehead atoms. The van der Waals surface area contributed by atoms with Crippen molar-refractivity contribution in [3.05, 3.63) is 46.8 Å². The Morgan fingerprint density at radius 1 is 1.28 bits per heavy atom. The summed E-state index contributed by atoms with van der Waals surface area (Å²) in [6.07, 6.45) is 0.470. The van der Waals surface area contributed by atoms with Crippen molar-refractivity contribution >= 4 is 29.8 Å². The summed E-state index contributed by atoms with van der Waals surface area (Å²) in [5.41, 5.74) is 2.36. The average molecular weight is 385 g/mol. The van der Waals surface area contributed by atoms with E-state index in [2.05, 4.69) is 17.6 Å². The van der Waals surface area contributed by atoms with Gasteiger partial charge in [0.05, 0.1) is 6.61 Å². The van der Waals surface area contributed by atoms with Crippen LogP contribution in [0.1, 0.15) is 23.6 Å². The van der Waals surface area contributed by atoms with E-state index in [0.717, 1.165) is 17.0 Å². The molecule has 2 rings (SSSR count). The molecule has 0 aliphatic rings. The van der Waals surface area contributed by atoms with Gasteiger partial charge in [0.1, 0.15) is 5.75 Å². The van der Waals surface area contributed by atoms with Crippen LogP contribution in [0.3, 0.4) is 0 Å². The van der Waals surface area contributed by atoms with Gasteiger partial charge in [0.2, 0.25) is 0 Å².